The van der Waals surface area contributed by atoms with Crippen molar-refractivity contribution in [3.05, 3.63) is 76.4 Å². The van der Waals surface area contributed by atoms with Crippen LogP contribution in [0.15, 0.2) is 70.5 Å². The van der Waals surface area contributed by atoms with E-state index in [1.807, 2.05) is 0 Å². The highest BCUT2D eigenvalue weighted by molar-refractivity contribution is 7.91. The van der Waals surface area contributed by atoms with Crippen LogP contribution >= 0.6 is 0 Å². The van der Waals surface area contributed by atoms with E-state index in [1.54, 1.807) is 12.1 Å². The Kier molecular flexibility index (Phi) is 6.26. The quantitative estimate of drug-likeness (QED) is 0.393. The molecular formula is C19H18N2O4S. The Hall–Kier alpha value is -2.98. The SMILES string of the molecule is C=C(CCC#N)CCc1ccc(S(=O)(=O)c2ccc([N+](=O)[O-])cc2)cc1. The number of nitriles is 1. The van der Waals surface area contributed by atoms with E-state index in [-0.39, 0.29) is 15.5 Å². The van der Waals surface area contributed by atoms with Gasteiger partial charge >= 0.3 is 0 Å². The minimum absolute atomic E-state index is 0.0146. The van der Waals surface area contributed by atoms with E-state index in [9.17, 15) is 18.5 Å². The Morgan fingerprint density at radius 2 is 1.58 bits per heavy atom. The van der Waals surface area contributed by atoms with Gasteiger partial charge in [-0.25, -0.2) is 8.42 Å². The summed E-state index contributed by atoms with van der Waals surface area (Å²) in [6.45, 7) is 3.93. The molecule has 2 rings (SSSR count). The van der Waals surface area contributed by atoms with Crippen molar-refractivity contribution in [3.63, 3.8) is 0 Å². The van der Waals surface area contributed by atoms with Crippen molar-refractivity contribution < 1.29 is 13.3 Å². The summed E-state index contributed by atoms with van der Waals surface area (Å²) in [5.74, 6) is 0. The van der Waals surface area contributed by atoms with Gasteiger partial charge in [0.05, 0.1) is 20.8 Å². The Bertz CT molecular complexity index is 941. The monoisotopic (exact) mass is 370 g/mol. The maximum atomic E-state index is 12.6. The van der Waals surface area contributed by atoms with Gasteiger partial charge in [0.2, 0.25) is 9.84 Å². The molecule has 0 bridgehead atoms. The Labute approximate surface area is 152 Å². The first-order chi connectivity index (χ1) is 12.3. The minimum atomic E-state index is -3.72. The minimum Gasteiger partial charge on any atom is -0.258 e. The summed E-state index contributed by atoms with van der Waals surface area (Å²) in [4.78, 5) is 10.2. The van der Waals surface area contributed by atoms with E-state index in [0.717, 1.165) is 24.0 Å². The maximum absolute atomic E-state index is 12.6. The van der Waals surface area contributed by atoms with Crippen molar-refractivity contribution in [2.75, 3.05) is 0 Å². The van der Waals surface area contributed by atoms with Crippen LogP contribution < -0.4 is 0 Å². The third kappa shape index (κ3) is 4.77. The largest absolute Gasteiger partial charge is 0.269 e. The van der Waals surface area contributed by atoms with Gasteiger partial charge in [0.1, 0.15) is 0 Å². The van der Waals surface area contributed by atoms with Gasteiger partial charge in [0.25, 0.3) is 5.69 Å². The van der Waals surface area contributed by atoms with Gasteiger partial charge in [-0.2, -0.15) is 5.26 Å². The smallest absolute Gasteiger partial charge is 0.258 e. The molecular weight excluding hydrogens is 352 g/mol. The van der Waals surface area contributed by atoms with Crippen molar-refractivity contribution in [1.29, 1.82) is 5.26 Å². The highest BCUT2D eigenvalue weighted by Crippen LogP contribution is 2.24. The predicted octanol–water partition coefficient (Wildman–Crippen LogP) is 4.22. The van der Waals surface area contributed by atoms with Crippen molar-refractivity contribution in [1.82, 2.24) is 0 Å². The van der Waals surface area contributed by atoms with Crippen LogP contribution in [0, 0.1) is 21.4 Å². The zero-order valence-corrected chi connectivity index (χ0v) is 14.9. The van der Waals surface area contributed by atoms with Crippen molar-refractivity contribution >= 4 is 15.5 Å². The molecule has 0 aliphatic rings. The number of aryl methyl sites for hydroxylation is 1. The third-order valence-electron chi connectivity index (χ3n) is 3.95. The van der Waals surface area contributed by atoms with Crippen LogP contribution in [-0.2, 0) is 16.3 Å². The fourth-order valence-corrected chi connectivity index (χ4v) is 3.66. The molecule has 134 valence electrons. The Morgan fingerprint density at radius 3 is 2.08 bits per heavy atom. The Morgan fingerprint density at radius 1 is 1.04 bits per heavy atom. The Balaban J connectivity index is 2.10. The highest BCUT2D eigenvalue weighted by atomic mass is 32.2. The first kappa shape index (κ1) is 19.3. The molecule has 7 heteroatoms. The van der Waals surface area contributed by atoms with Gasteiger partial charge in [-0.1, -0.05) is 24.3 Å². The van der Waals surface area contributed by atoms with Gasteiger partial charge in [-0.15, -0.1) is 0 Å². The van der Waals surface area contributed by atoms with Gasteiger partial charge in [-0.05, 0) is 49.1 Å². The van der Waals surface area contributed by atoms with Crippen LogP contribution in [-0.4, -0.2) is 13.3 Å². The van der Waals surface area contributed by atoms with Crippen molar-refractivity contribution in [3.8, 4) is 6.07 Å². The first-order valence-corrected chi connectivity index (χ1v) is 9.45. The molecule has 0 radical (unpaired) electrons. The predicted molar refractivity (Wildman–Crippen MR) is 97.3 cm³/mol. The molecule has 0 aromatic heterocycles. The lowest BCUT2D eigenvalue weighted by molar-refractivity contribution is -0.384. The van der Waals surface area contributed by atoms with E-state index < -0.39 is 14.8 Å². The fourth-order valence-electron chi connectivity index (χ4n) is 2.40. The molecule has 0 atom stereocenters. The molecule has 0 aliphatic carbocycles. The van der Waals surface area contributed by atoms with E-state index >= 15 is 0 Å². The molecule has 0 aliphatic heterocycles. The molecule has 0 N–H and O–H groups in total. The number of rotatable bonds is 8. The summed E-state index contributed by atoms with van der Waals surface area (Å²) < 4.78 is 25.2. The number of sulfone groups is 1. The molecule has 0 amide bonds. The second kappa shape index (κ2) is 8.41. The summed E-state index contributed by atoms with van der Waals surface area (Å²) in [6.07, 6.45) is 2.59. The molecule has 26 heavy (non-hydrogen) atoms. The molecule has 2 aromatic rings. The number of nitro groups is 1. The lowest BCUT2D eigenvalue weighted by Crippen LogP contribution is -2.02. The lowest BCUT2D eigenvalue weighted by Gasteiger charge is -2.07. The fraction of sp³-hybridized carbons (Fsp3) is 0.211. The van der Waals surface area contributed by atoms with Crippen LogP contribution in [0.5, 0.6) is 0 Å². The van der Waals surface area contributed by atoms with Crippen LogP contribution in [0.1, 0.15) is 24.8 Å². The number of nitro benzene ring substituents is 1. The van der Waals surface area contributed by atoms with E-state index in [0.29, 0.717) is 12.8 Å². The van der Waals surface area contributed by atoms with E-state index in [2.05, 4.69) is 12.6 Å². The number of hydrogen-bond donors (Lipinski definition) is 0. The molecule has 0 spiro atoms. The number of allylic oxidation sites excluding steroid dienone is 1. The number of hydrogen-bond acceptors (Lipinski definition) is 5. The average Bonchev–Trinajstić information content (AvgIpc) is 2.65. The van der Waals surface area contributed by atoms with Crippen molar-refractivity contribution in [2.45, 2.75) is 35.5 Å². The summed E-state index contributed by atoms with van der Waals surface area (Å²) >= 11 is 0. The van der Waals surface area contributed by atoms with Gasteiger partial charge in [0, 0.05) is 18.6 Å². The average molecular weight is 370 g/mol. The maximum Gasteiger partial charge on any atom is 0.269 e. The molecule has 6 nitrogen and oxygen atoms in total. The standard InChI is InChI=1S/C19H18N2O4S/c1-15(3-2-14-20)4-5-16-6-10-18(11-7-16)26(24,25)19-12-8-17(9-13-19)21(22)23/h6-13H,1-5H2. The number of nitrogens with zero attached hydrogens (tertiary/aromatic N) is 2. The summed E-state index contributed by atoms with van der Waals surface area (Å²) in [5.41, 5.74) is 1.82. The molecule has 0 saturated carbocycles. The van der Waals surface area contributed by atoms with Crippen LogP contribution in [0.4, 0.5) is 5.69 Å². The van der Waals surface area contributed by atoms with E-state index in [4.69, 9.17) is 5.26 Å². The molecule has 2 aromatic carbocycles. The second-order valence-corrected chi connectivity index (χ2v) is 7.76. The number of non-ortho nitro benzene ring substituents is 1. The summed E-state index contributed by atoms with van der Waals surface area (Å²) in [7, 11) is -3.72. The van der Waals surface area contributed by atoms with Crippen LogP contribution in [0.2, 0.25) is 0 Å². The zero-order chi connectivity index (χ0) is 19.2. The molecule has 0 saturated heterocycles. The highest BCUT2D eigenvalue weighted by Gasteiger charge is 2.18. The normalized spacial score (nSPS) is 10.9. The molecule has 0 fully saturated rings. The zero-order valence-electron chi connectivity index (χ0n) is 14.1. The molecule has 0 heterocycles. The third-order valence-corrected chi connectivity index (χ3v) is 5.73. The number of benzene rings is 2. The van der Waals surface area contributed by atoms with Gasteiger partial charge in [-0.3, -0.25) is 10.1 Å². The topological polar surface area (TPSA) is 101 Å². The van der Waals surface area contributed by atoms with Crippen LogP contribution in [0.3, 0.4) is 0 Å². The summed E-state index contributed by atoms with van der Waals surface area (Å²) in [6, 6.07) is 13.5. The molecule has 0 unspecified atom stereocenters. The van der Waals surface area contributed by atoms with Crippen LogP contribution in [0.25, 0.3) is 0 Å². The first-order valence-electron chi connectivity index (χ1n) is 7.96. The summed E-state index contributed by atoms with van der Waals surface area (Å²) in [5, 5.41) is 19.2. The van der Waals surface area contributed by atoms with Gasteiger partial charge < -0.3 is 0 Å². The van der Waals surface area contributed by atoms with Crippen molar-refractivity contribution in [2.24, 2.45) is 0 Å². The second-order valence-electron chi connectivity index (χ2n) is 5.81. The van der Waals surface area contributed by atoms with E-state index in [1.165, 1.54) is 36.4 Å². The van der Waals surface area contributed by atoms with Gasteiger partial charge in [0.15, 0.2) is 0 Å². The lowest BCUT2D eigenvalue weighted by atomic mass is 10.0.